The topological polar surface area (TPSA) is 115 Å². The molecule has 0 bridgehead atoms. The SMILES string of the molecule is COc1cc(N2CCN(C)CC2)ccc1Nc1ncc(F)c(-c2cc(F)c3nc(C)n(C(C)C)c3c2)n1.Cc1nc2c(F)cc(-c3nc(Cl)ncc3F)cc2n1C(C)C. The normalized spacial score (nSPS) is 13.4. The predicted molar refractivity (Wildman–Crippen MR) is 223 cm³/mol. The van der Waals surface area contributed by atoms with E-state index in [1.807, 2.05) is 62.0 Å². The van der Waals surface area contributed by atoms with E-state index in [9.17, 15) is 17.6 Å². The second-order valence-electron chi connectivity index (χ2n) is 14.9. The molecule has 1 aliphatic rings. The number of hydrogen-bond acceptors (Lipinski definition) is 10. The Hall–Kier alpha value is -5.87. The summed E-state index contributed by atoms with van der Waals surface area (Å²) in [5.41, 5.74) is 4.00. The standard InChI is InChI=1S/C27H31F2N7O.C15H13ClF2N4/c1-16(2)36-17(3)31-26-20(28)12-18(13-23(26)36)25-21(29)15-30-27(33-25)32-22-7-6-19(14-24(22)37-5)35-10-8-34(4)9-11-35;1-7(2)22-8(3)20-14-10(17)4-9(5-12(14)22)13-11(18)6-19-15(16)21-13/h6-7,12-16H,8-11H2,1-5H3,(H,30,32,33);4-7H,1-3H3. The molecule has 0 atom stereocenters. The van der Waals surface area contributed by atoms with Crippen LogP contribution in [-0.4, -0.2) is 84.3 Å². The number of ether oxygens (including phenoxy) is 1. The molecule has 4 aromatic heterocycles. The number of nitrogens with one attached hydrogen (secondary N) is 1. The number of methoxy groups -OCH3 is 1. The summed E-state index contributed by atoms with van der Waals surface area (Å²) in [7, 11) is 3.72. The summed E-state index contributed by atoms with van der Waals surface area (Å²) in [6.45, 7) is 15.4. The molecule has 0 spiro atoms. The third kappa shape index (κ3) is 8.37. The van der Waals surface area contributed by atoms with Crippen molar-refractivity contribution in [2.24, 2.45) is 0 Å². The van der Waals surface area contributed by atoms with Gasteiger partial charge < -0.3 is 29.0 Å². The first-order valence-electron chi connectivity index (χ1n) is 19.1. The lowest BCUT2D eigenvalue weighted by Crippen LogP contribution is -2.44. The van der Waals surface area contributed by atoms with Crippen LogP contribution in [0.1, 0.15) is 51.4 Å². The molecular formula is C42H44ClF4N11O. The Balaban J connectivity index is 0.000000204. The molecule has 17 heteroatoms. The van der Waals surface area contributed by atoms with E-state index in [0.29, 0.717) is 45.2 Å². The highest BCUT2D eigenvalue weighted by Crippen LogP contribution is 2.35. The number of nitrogens with zero attached hydrogens (tertiary/aromatic N) is 10. The van der Waals surface area contributed by atoms with Crippen molar-refractivity contribution in [1.82, 2.24) is 43.9 Å². The third-order valence-electron chi connectivity index (χ3n) is 10.2. The Morgan fingerprint density at radius 1 is 0.678 bits per heavy atom. The highest BCUT2D eigenvalue weighted by molar-refractivity contribution is 6.28. The van der Waals surface area contributed by atoms with E-state index in [4.69, 9.17) is 16.3 Å². The highest BCUT2D eigenvalue weighted by Gasteiger charge is 2.21. The summed E-state index contributed by atoms with van der Waals surface area (Å²) in [4.78, 5) is 29.1. The highest BCUT2D eigenvalue weighted by atomic mass is 35.5. The first kappa shape index (κ1) is 41.3. The number of aromatic nitrogens is 8. The lowest BCUT2D eigenvalue weighted by atomic mass is 10.1. The Kier molecular flexibility index (Phi) is 11.7. The van der Waals surface area contributed by atoms with Gasteiger partial charge in [-0.2, -0.15) is 0 Å². The van der Waals surface area contributed by atoms with Gasteiger partial charge >= 0.3 is 0 Å². The summed E-state index contributed by atoms with van der Waals surface area (Å²) >= 11 is 5.71. The summed E-state index contributed by atoms with van der Waals surface area (Å²) in [6, 6.07) is 11.9. The fraction of sp³-hybridized carbons (Fsp3) is 0.333. The van der Waals surface area contributed by atoms with E-state index in [1.54, 1.807) is 26.2 Å². The van der Waals surface area contributed by atoms with Crippen LogP contribution in [0.3, 0.4) is 0 Å². The van der Waals surface area contributed by atoms with Crippen molar-refractivity contribution in [3.63, 3.8) is 0 Å². The molecule has 7 aromatic rings. The van der Waals surface area contributed by atoms with Crippen molar-refractivity contribution in [3.05, 3.63) is 95.1 Å². The number of hydrogen-bond donors (Lipinski definition) is 1. The first-order chi connectivity index (χ1) is 28.1. The van der Waals surface area contributed by atoms with Gasteiger partial charge in [0.2, 0.25) is 11.2 Å². The van der Waals surface area contributed by atoms with Gasteiger partial charge in [-0.3, -0.25) is 0 Å². The molecule has 1 fully saturated rings. The van der Waals surface area contributed by atoms with Crippen molar-refractivity contribution in [1.29, 1.82) is 0 Å². The molecule has 0 radical (unpaired) electrons. The fourth-order valence-corrected chi connectivity index (χ4v) is 7.59. The maximum absolute atomic E-state index is 15.0. The van der Waals surface area contributed by atoms with Gasteiger partial charge in [-0.25, -0.2) is 47.5 Å². The average Bonchev–Trinajstić information content (AvgIpc) is 3.73. The molecule has 0 unspecified atom stereocenters. The minimum atomic E-state index is -0.657. The second-order valence-corrected chi connectivity index (χ2v) is 15.3. The molecule has 1 N–H and O–H groups in total. The largest absolute Gasteiger partial charge is 0.494 e. The molecule has 59 heavy (non-hydrogen) atoms. The molecule has 0 amide bonds. The number of fused-ring (bicyclic) bond motifs is 2. The van der Waals surface area contributed by atoms with Crippen molar-refractivity contribution < 1.29 is 22.3 Å². The first-order valence-corrected chi connectivity index (χ1v) is 19.5. The van der Waals surface area contributed by atoms with Gasteiger partial charge in [-0.15, -0.1) is 0 Å². The van der Waals surface area contributed by atoms with Gasteiger partial charge in [-0.05, 0) is 96.6 Å². The predicted octanol–water partition coefficient (Wildman–Crippen LogP) is 9.48. The van der Waals surface area contributed by atoms with E-state index >= 15 is 0 Å². The van der Waals surface area contributed by atoms with Crippen molar-refractivity contribution in [2.45, 2.75) is 53.6 Å². The molecular weight excluding hydrogens is 786 g/mol. The van der Waals surface area contributed by atoms with Gasteiger partial charge in [0.25, 0.3) is 0 Å². The van der Waals surface area contributed by atoms with Gasteiger partial charge in [0, 0.05) is 61.1 Å². The number of imidazole rings is 2. The van der Waals surface area contributed by atoms with Gasteiger partial charge in [-0.1, -0.05) is 0 Å². The molecule has 308 valence electrons. The number of benzene rings is 3. The van der Waals surface area contributed by atoms with Crippen LogP contribution < -0.4 is 15.0 Å². The Morgan fingerprint density at radius 2 is 1.20 bits per heavy atom. The van der Waals surface area contributed by atoms with Gasteiger partial charge in [0.15, 0.2) is 23.3 Å². The molecule has 3 aromatic carbocycles. The Morgan fingerprint density at radius 3 is 1.73 bits per heavy atom. The van der Waals surface area contributed by atoms with Crippen LogP contribution in [0.4, 0.5) is 34.9 Å². The van der Waals surface area contributed by atoms with E-state index in [0.717, 1.165) is 44.3 Å². The number of likely N-dealkylation sites (N-methyl/N-ethyl adjacent to an activating group) is 1. The van der Waals surface area contributed by atoms with Crippen molar-refractivity contribution in [2.75, 3.05) is 50.6 Å². The lowest BCUT2D eigenvalue weighted by Gasteiger charge is -2.34. The van der Waals surface area contributed by atoms with Gasteiger partial charge in [0.1, 0.15) is 39.8 Å². The van der Waals surface area contributed by atoms with E-state index < -0.39 is 23.3 Å². The third-order valence-corrected chi connectivity index (χ3v) is 10.4. The summed E-state index contributed by atoms with van der Waals surface area (Å²) in [6.07, 6.45) is 2.06. The Bertz CT molecular complexity index is 2670. The summed E-state index contributed by atoms with van der Waals surface area (Å²) < 4.78 is 67.6. The second kappa shape index (κ2) is 16.8. The maximum atomic E-state index is 15.0. The zero-order valence-electron chi connectivity index (χ0n) is 33.9. The maximum Gasteiger partial charge on any atom is 0.228 e. The molecule has 5 heterocycles. The summed E-state index contributed by atoms with van der Waals surface area (Å²) in [5.74, 6) is -0.163. The number of halogens is 5. The van der Waals surface area contributed by atoms with Crippen LogP contribution >= 0.6 is 11.6 Å². The lowest BCUT2D eigenvalue weighted by molar-refractivity contribution is 0.312. The fourth-order valence-electron chi connectivity index (χ4n) is 7.46. The van der Waals surface area contributed by atoms with Crippen LogP contribution in [0.25, 0.3) is 44.6 Å². The van der Waals surface area contributed by atoms with Crippen LogP contribution in [0, 0.1) is 37.1 Å². The molecule has 0 saturated carbocycles. The van der Waals surface area contributed by atoms with Crippen LogP contribution in [0.15, 0.2) is 54.9 Å². The quantitative estimate of drug-likeness (QED) is 0.117. The van der Waals surface area contributed by atoms with E-state index in [2.05, 4.69) is 52.1 Å². The molecule has 12 nitrogen and oxygen atoms in total. The zero-order valence-corrected chi connectivity index (χ0v) is 34.7. The molecule has 1 aliphatic heterocycles. The number of aryl methyl sites for hydroxylation is 2. The van der Waals surface area contributed by atoms with Crippen molar-refractivity contribution >= 4 is 51.0 Å². The monoisotopic (exact) mass is 829 g/mol. The minimum absolute atomic E-state index is 0.000447. The number of anilines is 3. The van der Waals surface area contributed by atoms with E-state index in [-0.39, 0.29) is 45.7 Å². The van der Waals surface area contributed by atoms with E-state index in [1.165, 1.54) is 12.1 Å². The molecule has 1 saturated heterocycles. The Labute approximate surface area is 343 Å². The smallest absolute Gasteiger partial charge is 0.228 e. The zero-order chi connectivity index (χ0) is 42.3. The minimum Gasteiger partial charge on any atom is -0.494 e. The molecule has 8 rings (SSSR count). The van der Waals surface area contributed by atoms with Crippen LogP contribution in [-0.2, 0) is 0 Å². The molecule has 0 aliphatic carbocycles. The number of rotatable bonds is 8. The van der Waals surface area contributed by atoms with Crippen LogP contribution in [0.2, 0.25) is 5.28 Å². The average molecular weight is 830 g/mol. The van der Waals surface area contributed by atoms with Gasteiger partial charge in [0.05, 0.1) is 36.2 Å². The van der Waals surface area contributed by atoms with Crippen molar-refractivity contribution in [3.8, 4) is 28.3 Å². The summed E-state index contributed by atoms with van der Waals surface area (Å²) in [5, 5.41) is 3.04. The number of piperazine rings is 1. The van der Waals surface area contributed by atoms with Crippen LogP contribution in [0.5, 0.6) is 5.75 Å².